The average Bonchev–Trinajstić information content (AvgIpc) is 2.92. The zero-order chi connectivity index (χ0) is 29.6. The number of aryl methyl sites for hydroxylation is 2. The van der Waals surface area contributed by atoms with Gasteiger partial charge in [-0.1, -0.05) is 42.8 Å². The molecule has 0 saturated heterocycles. The van der Waals surface area contributed by atoms with Crippen LogP contribution in [-0.2, 0) is 26.2 Å². The number of carbonyl (C=O) groups is 2. The van der Waals surface area contributed by atoms with Crippen LogP contribution in [0.5, 0.6) is 0 Å². The summed E-state index contributed by atoms with van der Waals surface area (Å²) in [6.45, 7) is 8.22. The molecule has 2 atom stereocenters. The van der Waals surface area contributed by atoms with Crippen LogP contribution >= 0.6 is 11.6 Å². The Labute approximate surface area is 241 Å². The molecule has 3 rings (SSSR count). The number of nitrogens with one attached hydrogen (secondary N) is 1. The van der Waals surface area contributed by atoms with Gasteiger partial charge in [-0.05, 0) is 87.7 Å². The first-order chi connectivity index (χ1) is 18.8. The predicted molar refractivity (Wildman–Crippen MR) is 156 cm³/mol. The first-order valence-electron chi connectivity index (χ1n) is 13.0. The van der Waals surface area contributed by atoms with Crippen molar-refractivity contribution in [3.8, 4) is 0 Å². The van der Waals surface area contributed by atoms with Crippen molar-refractivity contribution in [2.75, 3.05) is 10.8 Å². The summed E-state index contributed by atoms with van der Waals surface area (Å²) < 4.78 is 43.4. The molecular weight excluding hydrogens is 553 g/mol. The van der Waals surface area contributed by atoms with Crippen molar-refractivity contribution in [2.24, 2.45) is 0 Å². The van der Waals surface area contributed by atoms with Gasteiger partial charge in [0.2, 0.25) is 11.8 Å². The molecule has 0 aromatic heterocycles. The molecular formula is C30H35ClFN3O4S. The number of hydrogen-bond donors (Lipinski definition) is 1. The van der Waals surface area contributed by atoms with Gasteiger partial charge in [0, 0.05) is 23.2 Å². The molecule has 0 spiro atoms. The van der Waals surface area contributed by atoms with Gasteiger partial charge in [0.1, 0.15) is 18.4 Å². The fourth-order valence-corrected chi connectivity index (χ4v) is 5.53. The number of anilines is 1. The third-order valence-electron chi connectivity index (χ3n) is 6.93. The van der Waals surface area contributed by atoms with Crippen LogP contribution in [0, 0.1) is 19.7 Å². The molecule has 3 aromatic rings. The number of benzene rings is 3. The molecule has 214 valence electrons. The Hall–Kier alpha value is -3.43. The van der Waals surface area contributed by atoms with Gasteiger partial charge in [-0.15, -0.1) is 0 Å². The quantitative estimate of drug-likeness (QED) is 0.315. The predicted octanol–water partition coefficient (Wildman–Crippen LogP) is 5.62. The third-order valence-corrected chi connectivity index (χ3v) is 8.97. The number of carbonyl (C=O) groups excluding carboxylic acids is 2. The van der Waals surface area contributed by atoms with Crippen molar-refractivity contribution in [1.82, 2.24) is 10.2 Å². The van der Waals surface area contributed by atoms with E-state index in [4.69, 9.17) is 11.6 Å². The van der Waals surface area contributed by atoms with Crippen LogP contribution in [0.2, 0.25) is 5.02 Å². The largest absolute Gasteiger partial charge is 0.352 e. The highest BCUT2D eigenvalue weighted by Crippen LogP contribution is 2.27. The molecule has 2 amide bonds. The Morgan fingerprint density at radius 3 is 2.23 bits per heavy atom. The van der Waals surface area contributed by atoms with Crippen LogP contribution in [0.3, 0.4) is 0 Å². The van der Waals surface area contributed by atoms with E-state index in [1.165, 1.54) is 47.4 Å². The highest BCUT2D eigenvalue weighted by molar-refractivity contribution is 7.92. The lowest BCUT2D eigenvalue weighted by Crippen LogP contribution is -2.52. The second-order valence-corrected chi connectivity index (χ2v) is 12.1. The van der Waals surface area contributed by atoms with E-state index in [1.54, 1.807) is 31.2 Å². The Morgan fingerprint density at radius 2 is 1.62 bits per heavy atom. The smallest absolute Gasteiger partial charge is 0.264 e. The summed E-state index contributed by atoms with van der Waals surface area (Å²) in [5, 5.41) is 3.22. The van der Waals surface area contributed by atoms with E-state index >= 15 is 0 Å². The molecule has 7 nitrogen and oxygen atoms in total. The second kappa shape index (κ2) is 13.3. The van der Waals surface area contributed by atoms with Gasteiger partial charge in [-0.3, -0.25) is 13.9 Å². The number of amides is 2. The number of rotatable bonds is 11. The van der Waals surface area contributed by atoms with Crippen LogP contribution in [0.15, 0.2) is 71.6 Å². The maximum Gasteiger partial charge on any atom is 0.264 e. The Morgan fingerprint density at radius 1 is 0.975 bits per heavy atom. The van der Waals surface area contributed by atoms with E-state index < -0.39 is 40.2 Å². The highest BCUT2D eigenvalue weighted by Gasteiger charge is 2.33. The number of hydrogen-bond acceptors (Lipinski definition) is 4. The van der Waals surface area contributed by atoms with Gasteiger partial charge < -0.3 is 10.2 Å². The summed E-state index contributed by atoms with van der Waals surface area (Å²) in [6.07, 6.45) is 0.680. The van der Waals surface area contributed by atoms with E-state index in [2.05, 4.69) is 5.32 Å². The van der Waals surface area contributed by atoms with E-state index in [1.807, 2.05) is 27.7 Å². The minimum atomic E-state index is -4.23. The topological polar surface area (TPSA) is 86.8 Å². The lowest BCUT2D eigenvalue weighted by molar-refractivity contribution is -0.139. The minimum absolute atomic E-state index is 0.0499. The molecule has 0 unspecified atom stereocenters. The van der Waals surface area contributed by atoms with Crippen molar-refractivity contribution in [2.45, 2.75) is 64.6 Å². The maximum atomic E-state index is 14.6. The summed E-state index contributed by atoms with van der Waals surface area (Å²) in [5.41, 5.74) is 2.28. The van der Waals surface area contributed by atoms with E-state index in [-0.39, 0.29) is 28.7 Å². The molecule has 0 aliphatic carbocycles. The molecule has 0 aliphatic rings. The van der Waals surface area contributed by atoms with Crippen molar-refractivity contribution >= 4 is 39.1 Å². The normalized spacial score (nSPS) is 12.9. The molecule has 0 bridgehead atoms. The van der Waals surface area contributed by atoms with Crippen LogP contribution in [0.1, 0.15) is 43.9 Å². The molecule has 0 fully saturated rings. The van der Waals surface area contributed by atoms with Crippen LogP contribution in [0.25, 0.3) is 0 Å². The molecule has 1 N–H and O–H groups in total. The van der Waals surface area contributed by atoms with Crippen molar-refractivity contribution in [3.05, 3.63) is 94.3 Å². The van der Waals surface area contributed by atoms with Crippen LogP contribution < -0.4 is 9.62 Å². The fourth-order valence-electron chi connectivity index (χ4n) is 4.00. The third kappa shape index (κ3) is 7.40. The molecule has 0 saturated carbocycles. The lowest BCUT2D eigenvalue weighted by Gasteiger charge is -2.32. The van der Waals surface area contributed by atoms with E-state index in [9.17, 15) is 22.4 Å². The van der Waals surface area contributed by atoms with Gasteiger partial charge >= 0.3 is 0 Å². The van der Waals surface area contributed by atoms with Gasteiger partial charge in [0.05, 0.1) is 10.6 Å². The van der Waals surface area contributed by atoms with E-state index in [0.29, 0.717) is 11.4 Å². The van der Waals surface area contributed by atoms with Gasteiger partial charge in [-0.2, -0.15) is 0 Å². The monoisotopic (exact) mass is 587 g/mol. The zero-order valence-electron chi connectivity index (χ0n) is 23.3. The summed E-state index contributed by atoms with van der Waals surface area (Å²) in [6, 6.07) is 15.6. The van der Waals surface area contributed by atoms with Gasteiger partial charge in [-0.25, -0.2) is 12.8 Å². The molecule has 0 aliphatic heterocycles. The average molecular weight is 588 g/mol. The minimum Gasteiger partial charge on any atom is -0.352 e. The summed E-state index contributed by atoms with van der Waals surface area (Å²) >= 11 is 5.99. The molecule has 0 radical (unpaired) electrons. The molecule has 40 heavy (non-hydrogen) atoms. The molecule has 0 heterocycles. The van der Waals surface area contributed by atoms with Crippen molar-refractivity contribution in [1.29, 1.82) is 0 Å². The number of sulfonamides is 1. The fraction of sp³-hybridized carbons (Fsp3) is 0.333. The second-order valence-electron chi connectivity index (χ2n) is 9.84. The first kappa shape index (κ1) is 31.1. The van der Waals surface area contributed by atoms with Crippen LogP contribution in [0.4, 0.5) is 10.1 Å². The van der Waals surface area contributed by atoms with Crippen molar-refractivity contribution < 1.29 is 22.4 Å². The Balaban J connectivity index is 2.06. The van der Waals surface area contributed by atoms with Crippen LogP contribution in [-0.4, -0.2) is 43.8 Å². The van der Waals surface area contributed by atoms with Crippen molar-refractivity contribution in [3.63, 3.8) is 0 Å². The maximum absolute atomic E-state index is 14.6. The standard InChI is InChI=1S/C30H35ClFN3O4S/c1-6-22(4)33-30(37)23(5)34(18-24-9-7-8-10-28(24)32)29(36)19-35(26-14-11-20(2)21(3)17-26)40(38,39)27-15-12-25(31)13-16-27/h7-17,22-23H,6,18-19H2,1-5H3,(H,33,37)/t22-,23+/m1/s1. The summed E-state index contributed by atoms with van der Waals surface area (Å²) in [4.78, 5) is 28.2. The Kier molecular flexibility index (Phi) is 10.3. The summed E-state index contributed by atoms with van der Waals surface area (Å²) in [5.74, 6) is -1.61. The molecule has 3 aromatic carbocycles. The lowest BCUT2D eigenvalue weighted by atomic mass is 10.1. The number of nitrogens with zero attached hydrogens (tertiary/aromatic N) is 2. The zero-order valence-corrected chi connectivity index (χ0v) is 24.9. The van der Waals surface area contributed by atoms with Gasteiger partial charge in [0.25, 0.3) is 10.0 Å². The van der Waals surface area contributed by atoms with Gasteiger partial charge in [0.15, 0.2) is 0 Å². The highest BCUT2D eigenvalue weighted by atomic mass is 35.5. The number of halogens is 2. The summed E-state index contributed by atoms with van der Waals surface area (Å²) in [7, 11) is -4.23. The Bertz CT molecular complexity index is 1460. The molecule has 10 heteroatoms. The first-order valence-corrected chi connectivity index (χ1v) is 14.9. The van der Waals surface area contributed by atoms with E-state index in [0.717, 1.165) is 15.4 Å². The SMILES string of the molecule is CC[C@@H](C)NC(=O)[C@H](C)N(Cc1ccccc1F)C(=O)CN(c1ccc(C)c(C)c1)S(=O)(=O)c1ccc(Cl)cc1.